The first-order valence-corrected chi connectivity index (χ1v) is 7.81. The number of halogens is 1. The van der Waals surface area contributed by atoms with Crippen molar-refractivity contribution in [3.05, 3.63) is 34.2 Å². The fraction of sp³-hybridized carbons (Fsp3) is 0.600. The third kappa shape index (κ3) is 3.86. The molecule has 1 aromatic heterocycles. The number of anilines is 1. The van der Waals surface area contributed by atoms with Gasteiger partial charge in [-0.3, -0.25) is 4.79 Å². The quantitative estimate of drug-likeness (QED) is 0.816. The Labute approximate surface area is 130 Å². The summed E-state index contributed by atoms with van der Waals surface area (Å²) >= 11 is 6.23. The lowest BCUT2D eigenvalue weighted by Gasteiger charge is -2.33. The van der Waals surface area contributed by atoms with Gasteiger partial charge in [-0.1, -0.05) is 17.7 Å². The van der Waals surface area contributed by atoms with Crippen LogP contribution in [0, 0.1) is 5.92 Å². The number of nitrogens with one attached hydrogen (secondary N) is 1. The molecular formula is C15H23ClN4O. The van der Waals surface area contributed by atoms with Gasteiger partial charge >= 0.3 is 0 Å². The van der Waals surface area contributed by atoms with Gasteiger partial charge in [0, 0.05) is 13.1 Å². The van der Waals surface area contributed by atoms with Gasteiger partial charge in [-0.05, 0) is 38.8 Å². The van der Waals surface area contributed by atoms with E-state index in [1.165, 1.54) is 11.1 Å². The molecule has 6 heteroatoms. The molecular weight excluding hydrogens is 288 g/mol. The lowest BCUT2D eigenvalue weighted by atomic mass is 9.93. The van der Waals surface area contributed by atoms with Crippen molar-refractivity contribution in [2.45, 2.75) is 25.8 Å². The number of rotatable bonds is 6. The summed E-state index contributed by atoms with van der Waals surface area (Å²) in [4.78, 5) is 14.3. The molecule has 1 aliphatic rings. The monoisotopic (exact) mass is 310 g/mol. The summed E-state index contributed by atoms with van der Waals surface area (Å²) in [6, 6.07) is 0. The van der Waals surface area contributed by atoms with E-state index in [1.807, 2.05) is 7.05 Å². The van der Waals surface area contributed by atoms with E-state index in [9.17, 15) is 4.79 Å². The van der Waals surface area contributed by atoms with Gasteiger partial charge < -0.3 is 10.2 Å². The van der Waals surface area contributed by atoms with Gasteiger partial charge in [0.15, 0.2) is 0 Å². The molecule has 2 heterocycles. The van der Waals surface area contributed by atoms with Crippen molar-refractivity contribution in [1.29, 1.82) is 0 Å². The van der Waals surface area contributed by atoms with Crippen LogP contribution < -0.4 is 15.8 Å². The highest BCUT2D eigenvalue weighted by molar-refractivity contribution is 6.33. The Balaban J connectivity index is 2.05. The third-order valence-electron chi connectivity index (χ3n) is 4.03. The van der Waals surface area contributed by atoms with Crippen molar-refractivity contribution < 1.29 is 0 Å². The number of nitrogens with zero attached hydrogens (tertiary/aromatic N) is 3. The molecule has 0 atom stereocenters. The second-order valence-electron chi connectivity index (χ2n) is 5.44. The number of allylic oxidation sites excluding steroid dienone is 1. The van der Waals surface area contributed by atoms with E-state index < -0.39 is 0 Å². The van der Waals surface area contributed by atoms with Crippen LogP contribution >= 0.6 is 11.6 Å². The Morgan fingerprint density at radius 1 is 1.52 bits per heavy atom. The van der Waals surface area contributed by atoms with E-state index >= 15 is 0 Å². The molecule has 1 N–H and O–H groups in total. The van der Waals surface area contributed by atoms with Crippen LogP contribution in [0.15, 0.2) is 23.6 Å². The molecule has 0 spiro atoms. The Kier molecular flexibility index (Phi) is 5.82. The van der Waals surface area contributed by atoms with E-state index in [2.05, 4.69) is 21.9 Å². The standard InChI is InChI=1S/C15H23ClN4O/c1-3-8-20-15(21)14(16)13(11-18-20)19-9-5-12(6-10-19)4-7-17-2/h3,11-12,17H,1,4-10H2,2H3. The number of hydrogen-bond donors (Lipinski definition) is 1. The maximum Gasteiger partial charge on any atom is 0.287 e. The van der Waals surface area contributed by atoms with Crippen molar-refractivity contribution >= 4 is 17.3 Å². The molecule has 5 nitrogen and oxygen atoms in total. The average molecular weight is 311 g/mol. The Morgan fingerprint density at radius 3 is 2.86 bits per heavy atom. The first-order valence-electron chi connectivity index (χ1n) is 7.43. The Hall–Kier alpha value is -1.33. The summed E-state index contributed by atoms with van der Waals surface area (Å²) in [7, 11) is 1.98. The highest BCUT2D eigenvalue weighted by Crippen LogP contribution is 2.27. The first-order chi connectivity index (χ1) is 10.2. The summed E-state index contributed by atoms with van der Waals surface area (Å²) < 4.78 is 1.33. The van der Waals surface area contributed by atoms with Gasteiger partial charge in [-0.25, -0.2) is 4.68 Å². The van der Waals surface area contributed by atoms with Gasteiger partial charge in [0.25, 0.3) is 5.56 Å². The molecule has 0 unspecified atom stereocenters. The minimum absolute atomic E-state index is 0.244. The van der Waals surface area contributed by atoms with E-state index in [1.54, 1.807) is 12.3 Å². The Morgan fingerprint density at radius 2 is 2.24 bits per heavy atom. The minimum Gasteiger partial charge on any atom is -0.369 e. The summed E-state index contributed by atoms with van der Waals surface area (Å²) in [5, 5.41) is 7.63. The topological polar surface area (TPSA) is 50.2 Å². The van der Waals surface area contributed by atoms with E-state index in [0.717, 1.165) is 44.1 Å². The zero-order valence-electron chi connectivity index (χ0n) is 12.5. The highest BCUT2D eigenvalue weighted by Gasteiger charge is 2.22. The third-order valence-corrected chi connectivity index (χ3v) is 4.38. The maximum atomic E-state index is 12.1. The fourth-order valence-electron chi connectivity index (χ4n) is 2.74. The molecule has 0 bridgehead atoms. The molecule has 0 radical (unpaired) electrons. The van der Waals surface area contributed by atoms with Crippen LogP contribution in [0.25, 0.3) is 0 Å². The molecule has 1 saturated heterocycles. The summed E-state index contributed by atoms with van der Waals surface area (Å²) in [6.45, 7) is 6.92. The summed E-state index contributed by atoms with van der Waals surface area (Å²) in [5.74, 6) is 0.751. The molecule has 1 aliphatic heterocycles. The summed E-state index contributed by atoms with van der Waals surface area (Å²) in [5.41, 5.74) is 0.514. The van der Waals surface area contributed by atoms with Crippen molar-refractivity contribution in [2.75, 3.05) is 31.6 Å². The first kappa shape index (κ1) is 16.0. The molecule has 21 heavy (non-hydrogen) atoms. The van der Waals surface area contributed by atoms with Crippen LogP contribution in [0.2, 0.25) is 5.02 Å². The van der Waals surface area contributed by atoms with E-state index in [4.69, 9.17) is 11.6 Å². The fourth-order valence-corrected chi connectivity index (χ4v) is 3.01. The predicted octanol–water partition coefficient (Wildman–Crippen LogP) is 1.91. The molecule has 1 fully saturated rings. The average Bonchev–Trinajstić information content (AvgIpc) is 2.51. The zero-order chi connectivity index (χ0) is 15.2. The zero-order valence-corrected chi connectivity index (χ0v) is 13.3. The molecule has 116 valence electrons. The van der Waals surface area contributed by atoms with Gasteiger partial charge in [0.2, 0.25) is 0 Å². The van der Waals surface area contributed by atoms with Crippen molar-refractivity contribution in [3.8, 4) is 0 Å². The maximum absolute atomic E-state index is 12.1. The normalized spacial score (nSPS) is 16.2. The minimum atomic E-state index is -0.244. The van der Waals surface area contributed by atoms with Crippen LogP contribution in [0.1, 0.15) is 19.3 Å². The van der Waals surface area contributed by atoms with Crippen molar-refractivity contribution in [1.82, 2.24) is 15.1 Å². The second kappa shape index (κ2) is 7.61. The van der Waals surface area contributed by atoms with Gasteiger partial charge in [-0.15, -0.1) is 6.58 Å². The van der Waals surface area contributed by atoms with Crippen molar-refractivity contribution in [3.63, 3.8) is 0 Å². The molecule has 1 aromatic rings. The molecule has 2 rings (SSSR count). The van der Waals surface area contributed by atoms with Crippen LogP contribution in [0.3, 0.4) is 0 Å². The number of hydrogen-bond acceptors (Lipinski definition) is 4. The van der Waals surface area contributed by atoms with Gasteiger partial charge in [-0.2, -0.15) is 5.10 Å². The molecule has 0 aliphatic carbocycles. The van der Waals surface area contributed by atoms with Crippen LogP contribution in [0.4, 0.5) is 5.69 Å². The largest absolute Gasteiger partial charge is 0.369 e. The van der Waals surface area contributed by atoms with E-state index in [-0.39, 0.29) is 10.6 Å². The highest BCUT2D eigenvalue weighted by atomic mass is 35.5. The summed E-state index contributed by atoms with van der Waals surface area (Å²) in [6.07, 6.45) is 6.80. The Bertz CT molecular complexity index is 535. The van der Waals surface area contributed by atoms with E-state index in [0.29, 0.717) is 6.54 Å². The lowest BCUT2D eigenvalue weighted by Crippen LogP contribution is -2.36. The van der Waals surface area contributed by atoms with Crippen LogP contribution in [0.5, 0.6) is 0 Å². The number of aromatic nitrogens is 2. The molecule has 0 saturated carbocycles. The van der Waals surface area contributed by atoms with Crippen molar-refractivity contribution in [2.24, 2.45) is 5.92 Å². The SMILES string of the molecule is C=CCn1ncc(N2CCC(CCNC)CC2)c(Cl)c1=O. The van der Waals surface area contributed by atoms with Crippen LogP contribution in [-0.2, 0) is 6.54 Å². The predicted molar refractivity (Wildman–Crippen MR) is 87.2 cm³/mol. The molecule has 0 amide bonds. The lowest BCUT2D eigenvalue weighted by molar-refractivity contribution is 0.378. The number of piperidine rings is 1. The van der Waals surface area contributed by atoms with Gasteiger partial charge in [0.1, 0.15) is 5.02 Å². The molecule has 0 aromatic carbocycles. The second-order valence-corrected chi connectivity index (χ2v) is 5.82. The smallest absolute Gasteiger partial charge is 0.287 e. The van der Waals surface area contributed by atoms with Crippen LogP contribution in [-0.4, -0.2) is 36.5 Å². The van der Waals surface area contributed by atoms with Gasteiger partial charge in [0.05, 0.1) is 18.4 Å².